The topological polar surface area (TPSA) is 30.5 Å². The highest BCUT2D eigenvalue weighted by molar-refractivity contribution is 9.10. The van der Waals surface area contributed by atoms with E-state index in [9.17, 15) is 4.39 Å². The van der Waals surface area contributed by atoms with E-state index in [0.29, 0.717) is 13.1 Å². The van der Waals surface area contributed by atoms with Crippen LogP contribution >= 0.6 is 31.9 Å². The van der Waals surface area contributed by atoms with Crippen LogP contribution in [0.4, 0.5) is 4.39 Å². The van der Waals surface area contributed by atoms with Gasteiger partial charge >= 0.3 is 0 Å². The summed E-state index contributed by atoms with van der Waals surface area (Å²) in [7, 11) is 0. The van der Waals surface area contributed by atoms with Gasteiger partial charge in [-0.3, -0.25) is 0 Å². The van der Waals surface area contributed by atoms with Crippen molar-refractivity contribution in [2.75, 3.05) is 6.79 Å². The van der Waals surface area contributed by atoms with Gasteiger partial charge in [-0.15, -0.1) is 0 Å². The molecule has 0 spiro atoms. The van der Waals surface area contributed by atoms with Crippen molar-refractivity contribution in [3.05, 3.63) is 56.2 Å². The largest absolute Gasteiger partial charge is 0.454 e. The van der Waals surface area contributed by atoms with Crippen LogP contribution in [-0.2, 0) is 13.1 Å². The lowest BCUT2D eigenvalue weighted by molar-refractivity contribution is 0.174. The van der Waals surface area contributed by atoms with E-state index < -0.39 is 0 Å². The molecule has 2 aromatic rings. The normalized spacial score (nSPS) is 12.7. The van der Waals surface area contributed by atoms with Gasteiger partial charge < -0.3 is 14.8 Å². The van der Waals surface area contributed by atoms with Gasteiger partial charge in [0.2, 0.25) is 6.79 Å². The van der Waals surface area contributed by atoms with Crippen molar-refractivity contribution < 1.29 is 13.9 Å². The van der Waals surface area contributed by atoms with E-state index in [4.69, 9.17) is 9.47 Å². The molecule has 1 heterocycles. The molecular weight excluding hydrogens is 405 g/mol. The Morgan fingerprint density at radius 3 is 2.38 bits per heavy atom. The van der Waals surface area contributed by atoms with Gasteiger partial charge in [-0.1, -0.05) is 31.9 Å². The van der Waals surface area contributed by atoms with E-state index in [1.54, 1.807) is 6.07 Å². The average Bonchev–Trinajstić information content (AvgIpc) is 2.90. The van der Waals surface area contributed by atoms with Crippen LogP contribution in [0.5, 0.6) is 11.5 Å². The maximum atomic E-state index is 13.2. The zero-order valence-corrected chi connectivity index (χ0v) is 14.1. The number of fused-ring (bicyclic) bond motifs is 1. The van der Waals surface area contributed by atoms with Crippen LogP contribution in [0, 0.1) is 5.82 Å². The van der Waals surface area contributed by atoms with Crippen LogP contribution in [0.15, 0.2) is 39.3 Å². The molecule has 0 saturated carbocycles. The summed E-state index contributed by atoms with van der Waals surface area (Å²) in [5.74, 6) is 1.26. The van der Waals surface area contributed by atoms with Gasteiger partial charge in [0, 0.05) is 22.0 Å². The lowest BCUT2D eigenvalue weighted by Crippen LogP contribution is -2.13. The summed E-state index contributed by atoms with van der Waals surface area (Å²) in [5.41, 5.74) is 1.94. The predicted molar refractivity (Wildman–Crippen MR) is 84.9 cm³/mol. The summed E-state index contributed by atoms with van der Waals surface area (Å²) in [6.07, 6.45) is 0. The predicted octanol–water partition coefficient (Wildman–Crippen LogP) is 4.37. The van der Waals surface area contributed by atoms with Gasteiger partial charge in [0.25, 0.3) is 0 Å². The summed E-state index contributed by atoms with van der Waals surface area (Å²) >= 11 is 6.94. The molecule has 1 aliphatic heterocycles. The zero-order chi connectivity index (χ0) is 14.8. The molecule has 0 aliphatic carbocycles. The highest BCUT2D eigenvalue weighted by atomic mass is 79.9. The molecule has 0 bridgehead atoms. The van der Waals surface area contributed by atoms with Gasteiger partial charge in [0.05, 0.1) is 0 Å². The summed E-state index contributed by atoms with van der Waals surface area (Å²) in [5, 5.41) is 3.30. The summed E-state index contributed by atoms with van der Waals surface area (Å²) in [4.78, 5) is 0. The molecule has 2 aromatic carbocycles. The van der Waals surface area contributed by atoms with Crippen molar-refractivity contribution in [2.45, 2.75) is 13.1 Å². The second kappa shape index (κ2) is 6.34. The molecule has 0 aromatic heterocycles. The lowest BCUT2D eigenvalue weighted by atomic mass is 10.2. The molecule has 0 amide bonds. The van der Waals surface area contributed by atoms with Gasteiger partial charge in [-0.2, -0.15) is 0 Å². The molecule has 0 fully saturated rings. The fourth-order valence-electron chi connectivity index (χ4n) is 2.11. The van der Waals surface area contributed by atoms with Crippen molar-refractivity contribution in [1.82, 2.24) is 5.32 Å². The maximum absolute atomic E-state index is 13.2. The molecular formula is C15H12Br2FNO2. The van der Waals surface area contributed by atoms with E-state index in [1.807, 2.05) is 12.1 Å². The minimum atomic E-state index is -0.237. The standard InChI is InChI=1S/C15H12Br2FNO2/c16-12-2-1-11(18)3-9(12)6-19-7-10-4-14-15(5-13(10)17)21-8-20-14/h1-5,19H,6-8H2. The van der Waals surface area contributed by atoms with Gasteiger partial charge in [-0.25, -0.2) is 4.39 Å². The molecule has 6 heteroatoms. The molecule has 21 heavy (non-hydrogen) atoms. The average molecular weight is 417 g/mol. The Bertz CT molecular complexity index is 679. The molecule has 3 nitrogen and oxygen atoms in total. The quantitative estimate of drug-likeness (QED) is 0.802. The Morgan fingerprint density at radius 1 is 0.952 bits per heavy atom. The number of rotatable bonds is 4. The molecule has 0 atom stereocenters. The van der Waals surface area contributed by atoms with E-state index in [-0.39, 0.29) is 12.6 Å². The first-order valence-corrected chi connectivity index (χ1v) is 7.95. The Labute approximate surface area is 138 Å². The first-order chi connectivity index (χ1) is 10.1. The number of nitrogens with one attached hydrogen (secondary N) is 1. The Morgan fingerprint density at radius 2 is 1.62 bits per heavy atom. The second-order valence-corrected chi connectivity index (χ2v) is 6.34. The fourth-order valence-corrected chi connectivity index (χ4v) is 2.95. The SMILES string of the molecule is Fc1ccc(Br)c(CNCc2cc3c(cc2Br)OCO3)c1. The summed E-state index contributed by atoms with van der Waals surface area (Å²) in [6.45, 7) is 1.47. The third-order valence-electron chi connectivity index (χ3n) is 3.18. The minimum absolute atomic E-state index is 0.237. The molecule has 1 aliphatic rings. The molecule has 0 radical (unpaired) electrons. The van der Waals surface area contributed by atoms with E-state index in [1.165, 1.54) is 12.1 Å². The molecule has 0 unspecified atom stereocenters. The van der Waals surface area contributed by atoms with Crippen molar-refractivity contribution in [3.8, 4) is 11.5 Å². The van der Waals surface area contributed by atoms with Crippen molar-refractivity contribution >= 4 is 31.9 Å². The molecule has 1 N–H and O–H groups in total. The lowest BCUT2D eigenvalue weighted by Gasteiger charge is -2.09. The van der Waals surface area contributed by atoms with Gasteiger partial charge in [0.1, 0.15) is 5.82 Å². The van der Waals surface area contributed by atoms with Crippen LogP contribution in [-0.4, -0.2) is 6.79 Å². The Kier molecular flexibility index (Phi) is 4.47. The monoisotopic (exact) mass is 415 g/mol. The summed E-state index contributed by atoms with van der Waals surface area (Å²) in [6, 6.07) is 8.51. The highest BCUT2D eigenvalue weighted by Crippen LogP contribution is 2.36. The number of ether oxygens (including phenoxy) is 2. The Balaban J connectivity index is 1.67. The highest BCUT2D eigenvalue weighted by Gasteiger charge is 2.16. The van der Waals surface area contributed by atoms with Crippen LogP contribution < -0.4 is 14.8 Å². The Hall–Kier alpha value is -1.11. The van der Waals surface area contributed by atoms with Gasteiger partial charge in [-0.05, 0) is 41.5 Å². The number of halogens is 3. The smallest absolute Gasteiger partial charge is 0.231 e. The number of benzene rings is 2. The second-order valence-electron chi connectivity index (χ2n) is 4.64. The fraction of sp³-hybridized carbons (Fsp3) is 0.200. The van der Waals surface area contributed by atoms with Crippen molar-refractivity contribution in [2.24, 2.45) is 0 Å². The van der Waals surface area contributed by atoms with Crippen molar-refractivity contribution in [1.29, 1.82) is 0 Å². The van der Waals surface area contributed by atoms with Crippen LogP contribution in [0.2, 0.25) is 0 Å². The van der Waals surface area contributed by atoms with Crippen LogP contribution in [0.25, 0.3) is 0 Å². The first-order valence-electron chi connectivity index (χ1n) is 6.36. The van der Waals surface area contributed by atoms with E-state index in [2.05, 4.69) is 37.2 Å². The van der Waals surface area contributed by atoms with Gasteiger partial charge in [0.15, 0.2) is 11.5 Å². The molecule has 3 rings (SSSR count). The first kappa shape index (κ1) is 14.8. The number of hydrogen-bond donors (Lipinski definition) is 1. The summed E-state index contributed by atoms with van der Waals surface area (Å²) < 4.78 is 25.8. The minimum Gasteiger partial charge on any atom is -0.454 e. The third kappa shape index (κ3) is 3.39. The zero-order valence-electron chi connectivity index (χ0n) is 11.0. The molecule has 110 valence electrons. The molecule has 0 saturated heterocycles. The van der Waals surface area contributed by atoms with Crippen LogP contribution in [0.3, 0.4) is 0 Å². The van der Waals surface area contributed by atoms with E-state index in [0.717, 1.165) is 31.6 Å². The third-order valence-corrected chi connectivity index (χ3v) is 4.69. The van der Waals surface area contributed by atoms with Crippen LogP contribution in [0.1, 0.15) is 11.1 Å². The van der Waals surface area contributed by atoms with E-state index >= 15 is 0 Å². The number of hydrogen-bond acceptors (Lipinski definition) is 3. The maximum Gasteiger partial charge on any atom is 0.231 e. The van der Waals surface area contributed by atoms with Crippen molar-refractivity contribution in [3.63, 3.8) is 0 Å².